The summed E-state index contributed by atoms with van der Waals surface area (Å²) in [5, 5.41) is 8.59. The fourth-order valence-corrected chi connectivity index (χ4v) is 2.01. The Bertz CT molecular complexity index is 364. The van der Waals surface area contributed by atoms with E-state index in [-0.39, 0.29) is 6.54 Å². The molecule has 17 heavy (non-hydrogen) atoms. The molecule has 8 heteroatoms. The summed E-state index contributed by atoms with van der Waals surface area (Å²) in [6.07, 6.45) is 0.768. The number of carboxylic acids is 1. The lowest BCUT2D eigenvalue weighted by molar-refractivity contribution is -0.141. The SMILES string of the molecule is COC(=O)CS(=O)(=O)NCCCC(C)C(=O)O. The first kappa shape index (κ1) is 15.9. The quantitative estimate of drug-likeness (QED) is 0.456. The number of carboxylic acid groups (broad SMARTS) is 1. The van der Waals surface area contributed by atoms with Crippen molar-refractivity contribution in [3.8, 4) is 0 Å². The molecule has 1 unspecified atom stereocenters. The molecule has 0 rings (SSSR count). The number of ether oxygens (including phenoxy) is 1. The predicted octanol–water partition coefficient (Wildman–Crippen LogP) is -0.420. The van der Waals surface area contributed by atoms with Crippen LogP contribution in [0, 0.1) is 5.92 Å². The average molecular weight is 267 g/mol. The predicted molar refractivity (Wildman–Crippen MR) is 59.8 cm³/mol. The van der Waals surface area contributed by atoms with Gasteiger partial charge >= 0.3 is 11.9 Å². The van der Waals surface area contributed by atoms with Crippen LogP contribution in [0.15, 0.2) is 0 Å². The van der Waals surface area contributed by atoms with Crippen LogP contribution in [0.1, 0.15) is 19.8 Å². The Kier molecular flexibility index (Phi) is 6.74. The summed E-state index contributed by atoms with van der Waals surface area (Å²) in [5.74, 6) is -2.99. The summed E-state index contributed by atoms with van der Waals surface area (Å²) in [4.78, 5) is 21.2. The zero-order valence-corrected chi connectivity index (χ0v) is 10.6. The zero-order valence-electron chi connectivity index (χ0n) is 9.80. The maximum atomic E-state index is 11.3. The maximum absolute atomic E-state index is 11.3. The number of esters is 1. The number of methoxy groups -OCH3 is 1. The molecule has 0 spiro atoms. The molecule has 0 aliphatic heterocycles. The van der Waals surface area contributed by atoms with Gasteiger partial charge < -0.3 is 9.84 Å². The molecule has 0 aromatic rings. The average Bonchev–Trinajstić information content (AvgIpc) is 2.23. The summed E-state index contributed by atoms with van der Waals surface area (Å²) in [5.41, 5.74) is 0. The molecule has 2 N–H and O–H groups in total. The summed E-state index contributed by atoms with van der Waals surface area (Å²) in [6, 6.07) is 0. The van der Waals surface area contributed by atoms with Gasteiger partial charge in [0.1, 0.15) is 0 Å². The molecule has 1 atom stereocenters. The lowest BCUT2D eigenvalue weighted by atomic mass is 10.1. The van der Waals surface area contributed by atoms with Crippen LogP contribution in [-0.4, -0.2) is 44.9 Å². The van der Waals surface area contributed by atoms with E-state index in [1.807, 2.05) is 0 Å². The number of sulfonamides is 1. The Morgan fingerprint density at radius 2 is 2.00 bits per heavy atom. The molecule has 7 nitrogen and oxygen atoms in total. The molecule has 0 aromatic carbocycles. The fraction of sp³-hybridized carbons (Fsp3) is 0.778. The van der Waals surface area contributed by atoms with E-state index in [0.29, 0.717) is 12.8 Å². The highest BCUT2D eigenvalue weighted by Crippen LogP contribution is 2.04. The smallest absolute Gasteiger partial charge is 0.322 e. The third-order valence-corrected chi connectivity index (χ3v) is 3.35. The van der Waals surface area contributed by atoms with Crippen molar-refractivity contribution in [3.63, 3.8) is 0 Å². The Morgan fingerprint density at radius 3 is 2.47 bits per heavy atom. The molecule has 0 fully saturated rings. The molecule has 0 heterocycles. The van der Waals surface area contributed by atoms with E-state index in [9.17, 15) is 18.0 Å². The lowest BCUT2D eigenvalue weighted by Gasteiger charge is -2.07. The summed E-state index contributed by atoms with van der Waals surface area (Å²) in [7, 11) is -2.58. The minimum absolute atomic E-state index is 0.108. The Labute approximate surface area is 100 Å². The van der Waals surface area contributed by atoms with Crippen LogP contribution < -0.4 is 4.72 Å². The van der Waals surface area contributed by atoms with Crippen molar-refractivity contribution in [1.29, 1.82) is 0 Å². The van der Waals surface area contributed by atoms with Gasteiger partial charge in [0, 0.05) is 6.54 Å². The number of rotatable bonds is 8. The first-order chi connectivity index (χ1) is 7.78. The van der Waals surface area contributed by atoms with E-state index in [0.717, 1.165) is 7.11 Å². The van der Waals surface area contributed by atoms with Gasteiger partial charge in [-0.05, 0) is 12.8 Å². The van der Waals surface area contributed by atoms with E-state index < -0.39 is 33.6 Å². The minimum atomic E-state index is -3.68. The Balaban J connectivity index is 3.88. The summed E-state index contributed by atoms with van der Waals surface area (Å²) in [6.45, 7) is 1.65. The van der Waals surface area contributed by atoms with Crippen molar-refractivity contribution in [2.75, 3.05) is 19.4 Å². The van der Waals surface area contributed by atoms with Gasteiger partial charge in [0.2, 0.25) is 10.0 Å². The molecule has 0 aliphatic carbocycles. The highest BCUT2D eigenvalue weighted by Gasteiger charge is 2.16. The number of hydrogen-bond donors (Lipinski definition) is 2. The normalized spacial score (nSPS) is 13.1. The van der Waals surface area contributed by atoms with Gasteiger partial charge in [0.15, 0.2) is 5.75 Å². The van der Waals surface area contributed by atoms with E-state index in [1.165, 1.54) is 0 Å². The Hall–Kier alpha value is -1.15. The van der Waals surface area contributed by atoms with Crippen LogP contribution in [0.5, 0.6) is 0 Å². The molecule has 0 bridgehead atoms. The molecule has 0 saturated carbocycles. The first-order valence-electron chi connectivity index (χ1n) is 5.05. The number of aliphatic carboxylic acids is 1. The second-order valence-electron chi connectivity index (χ2n) is 3.61. The largest absolute Gasteiger partial charge is 0.481 e. The van der Waals surface area contributed by atoms with Crippen molar-refractivity contribution in [2.24, 2.45) is 5.92 Å². The number of hydrogen-bond acceptors (Lipinski definition) is 5. The molecule has 0 amide bonds. The molecule has 100 valence electrons. The Morgan fingerprint density at radius 1 is 1.41 bits per heavy atom. The standard InChI is InChI=1S/C9H17NO6S/c1-7(9(12)13)4-3-5-10-17(14,15)6-8(11)16-2/h7,10H,3-6H2,1-2H3,(H,12,13). The molecule has 0 radical (unpaired) electrons. The van der Waals surface area contributed by atoms with Gasteiger partial charge in [-0.3, -0.25) is 9.59 Å². The molecular weight excluding hydrogens is 250 g/mol. The van der Waals surface area contributed by atoms with Crippen molar-refractivity contribution < 1.29 is 27.9 Å². The number of carbonyl (C=O) groups is 2. The van der Waals surface area contributed by atoms with E-state index in [1.54, 1.807) is 6.92 Å². The highest BCUT2D eigenvalue weighted by molar-refractivity contribution is 7.90. The van der Waals surface area contributed by atoms with Gasteiger partial charge in [-0.25, -0.2) is 13.1 Å². The lowest BCUT2D eigenvalue weighted by Crippen LogP contribution is -2.31. The second-order valence-corrected chi connectivity index (χ2v) is 5.42. The summed E-state index contributed by atoms with van der Waals surface area (Å²) < 4.78 is 28.9. The maximum Gasteiger partial charge on any atom is 0.322 e. The topological polar surface area (TPSA) is 110 Å². The minimum Gasteiger partial charge on any atom is -0.481 e. The van der Waals surface area contributed by atoms with Crippen LogP contribution in [0.3, 0.4) is 0 Å². The van der Waals surface area contributed by atoms with Gasteiger partial charge in [-0.2, -0.15) is 0 Å². The van der Waals surface area contributed by atoms with Gasteiger partial charge in [-0.15, -0.1) is 0 Å². The van der Waals surface area contributed by atoms with Crippen LogP contribution in [-0.2, 0) is 24.3 Å². The van der Waals surface area contributed by atoms with Crippen molar-refractivity contribution in [1.82, 2.24) is 4.72 Å². The number of nitrogens with one attached hydrogen (secondary N) is 1. The van der Waals surface area contributed by atoms with Gasteiger partial charge in [0.25, 0.3) is 0 Å². The summed E-state index contributed by atoms with van der Waals surface area (Å²) >= 11 is 0. The highest BCUT2D eigenvalue weighted by atomic mass is 32.2. The first-order valence-corrected chi connectivity index (χ1v) is 6.70. The van der Waals surface area contributed by atoms with Crippen LogP contribution >= 0.6 is 0 Å². The van der Waals surface area contributed by atoms with Crippen LogP contribution in [0.2, 0.25) is 0 Å². The van der Waals surface area contributed by atoms with Crippen molar-refractivity contribution >= 4 is 22.0 Å². The van der Waals surface area contributed by atoms with E-state index in [2.05, 4.69) is 9.46 Å². The monoisotopic (exact) mass is 267 g/mol. The van der Waals surface area contributed by atoms with Crippen LogP contribution in [0.4, 0.5) is 0 Å². The third-order valence-electron chi connectivity index (χ3n) is 2.09. The molecule has 0 aliphatic rings. The van der Waals surface area contributed by atoms with Gasteiger partial charge in [-0.1, -0.05) is 6.92 Å². The molecule has 0 saturated heterocycles. The molecule has 0 aromatic heterocycles. The second kappa shape index (κ2) is 7.23. The van der Waals surface area contributed by atoms with E-state index in [4.69, 9.17) is 5.11 Å². The third kappa shape index (κ3) is 7.70. The zero-order chi connectivity index (χ0) is 13.5. The number of carbonyl (C=O) groups excluding carboxylic acids is 1. The van der Waals surface area contributed by atoms with Crippen molar-refractivity contribution in [2.45, 2.75) is 19.8 Å². The fourth-order valence-electron chi connectivity index (χ4n) is 1.02. The molecular formula is C9H17NO6S. The van der Waals surface area contributed by atoms with Crippen LogP contribution in [0.25, 0.3) is 0 Å². The van der Waals surface area contributed by atoms with E-state index >= 15 is 0 Å². The van der Waals surface area contributed by atoms with Crippen molar-refractivity contribution in [3.05, 3.63) is 0 Å². The van der Waals surface area contributed by atoms with Gasteiger partial charge in [0.05, 0.1) is 13.0 Å².